The van der Waals surface area contributed by atoms with Crippen LogP contribution < -0.4 is 0 Å². The summed E-state index contributed by atoms with van der Waals surface area (Å²) in [5.74, 6) is 1.29. The van der Waals surface area contributed by atoms with Crippen molar-refractivity contribution in [2.75, 3.05) is 0 Å². The van der Waals surface area contributed by atoms with Gasteiger partial charge in [0.15, 0.2) is 0 Å². The predicted molar refractivity (Wildman–Crippen MR) is 97.4 cm³/mol. The Bertz CT molecular complexity index is 769. The summed E-state index contributed by atoms with van der Waals surface area (Å²) >= 11 is 0. The molecule has 4 rings (SSSR count). The van der Waals surface area contributed by atoms with Crippen LogP contribution in [0.5, 0.6) is 11.5 Å². The molecule has 0 amide bonds. The first-order valence-corrected chi connectivity index (χ1v) is 9.41. The summed E-state index contributed by atoms with van der Waals surface area (Å²) in [6.07, 6.45) is 4.83. The third-order valence-electron chi connectivity index (χ3n) is 8.13. The maximum absolute atomic E-state index is 10.6. The Balaban J connectivity index is 1.83. The highest BCUT2D eigenvalue weighted by Crippen LogP contribution is 2.68. The predicted octanol–water partition coefficient (Wildman–Crippen LogP) is 4.59. The van der Waals surface area contributed by atoms with E-state index in [1.807, 2.05) is 6.07 Å². The lowest BCUT2D eigenvalue weighted by Gasteiger charge is -2.61. The summed E-state index contributed by atoms with van der Waals surface area (Å²) in [7, 11) is 0. The van der Waals surface area contributed by atoms with Crippen LogP contribution in [0, 0.1) is 22.7 Å². The smallest absolute Gasteiger partial charge is 0.123 e. The quantitative estimate of drug-likeness (QED) is 0.476. The van der Waals surface area contributed by atoms with Gasteiger partial charge in [0.2, 0.25) is 0 Å². The fourth-order valence-electron chi connectivity index (χ4n) is 7.01. The Morgan fingerprint density at radius 3 is 2.44 bits per heavy atom. The van der Waals surface area contributed by atoms with E-state index in [0.717, 1.165) is 48.9 Å². The van der Waals surface area contributed by atoms with Crippen molar-refractivity contribution in [3.05, 3.63) is 23.3 Å². The minimum Gasteiger partial charge on any atom is -0.508 e. The lowest BCUT2D eigenvalue weighted by molar-refractivity contribution is -0.0612. The number of oxime groups is 1. The molecular weight excluding hydrogens is 314 g/mol. The molecule has 0 bridgehead atoms. The van der Waals surface area contributed by atoms with E-state index in [1.54, 1.807) is 0 Å². The summed E-state index contributed by atoms with van der Waals surface area (Å²) in [6, 6.07) is 3.33. The molecule has 3 N–H and O–H groups in total. The lowest BCUT2D eigenvalue weighted by Crippen LogP contribution is -2.57. The first-order valence-electron chi connectivity index (χ1n) is 9.41. The van der Waals surface area contributed by atoms with Gasteiger partial charge < -0.3 is 15.4 Å². The van der Waals surface area contributed by atoms with Crippen LogP contribution in [-0.4, -0.2) is 21.1 Å². The van der Waals surface area contributed by atoms with Crippen LogP contribution in [0.15, 0.2) is 17.3 Å². The van der Waals surface area contributed by atoms with Gasteiger partial charge in [-0.25, -0.2) is 0 Å². The number of rotatable bonds is 0. The van der Waals surface area contributed by atoms with Gasteiger partial charge >= 0.3 is 0 Å². The molecule has 0 aromatic heterocycles. The molecule has 0 aliphatic heterocycles. The molecule has 0 spiro atoms. The fourth-order valence-corrected chi connectivity index (χ4v) is 7.01. The average Bonchev–Trinajstić information content (AvgIpc) is 2.80. The SMILES string of the molecule is CC1(C)C(=NO)CCC2(C)C1CCC1(C)c3c(O)cc(O)cc3CC12. The van der Waals surface area contributed by atoms with Crippen LogP contribution in [0.3, 0.4) is 0 Å². The number of benzene rings is 1. The summed E-state index contributed by atoms with van der Waals surface area (Å²) in [5.41, 5.74) is 3.05. The molecule has 4 heteroatoms. The second-order valence-corrected chi connectivity index (χ2v) is 9.54. The van der Waals surface area contributed by atoms with Crippen LogP contribution in [0.2, 0.25) is 0 Å². The van der Waals surface area contributed by atoms with Crippen LogP contribution >= 0.6 is 0 Å². The molecule has 0 radical (unpaired) electrons. The van der Waals surface area contributed by atoms with Crippen LogP contribution in [0.25, 0.3) is 0 Å². The van der Waals surface area contributed by atoms with Crippen molar-refractivity contribution in [3.63, 3.8) is 0 Å². The van der Waals surface area contributed by atoms with Gasteiger partial charge in [0.05, 0.1) is 5.71 Å². The Morgan fingerprint density at radius 1 is 1.04 bits per heavy atom. The van der Waals surface area contributed by atoms with Gasteiger partial charge in [-0.3, -0.25) is 0 Å². The Labute approximate surface area is 149 Å². The standard InChI is InChI=1S/C21H29NO3/c1-19(2)15-5-7-21(4)16(20(15,3)8-6-17(19)22-25)10-12-9-13(23)11-14(24)18(12)21/h9,11,15-16,23-25H,5-8,10H2,1-4H3. The fraction of sp³-hybridized carbons (Fsp3) is 0.667. The third kappa shape index (κ3) is 1.97. The summed E-state index contributed by atoms with van der Waals surface area (Å²) < 4.78 is 0. The zero-order valence-electron chi connectivity index (χ0n) is 15.6. The number of hydrogen-bond donors (Lipinski definition) is 3. The van der Waals surface area contributed by atoms with E-state index in [2.05, 4.69) is 32.9 Å². The largest absolute Gasteiger partial charge is 0.508 e. The van der Waals surface area contributed by atoms with Gasteiger partial charge in [0, 0.05) is 22.5 Å². The third-order valence-corrected chi connectivity index (χ3v) is 8.13. The van der Waals surface area contributed by atoms with Crippen LogP contribution in [0.4, 0.5) is 0 Å². The van der Waals surface area contributed by atoms with Crippen LogP contribution in [-0.2, 0) is 11.8 Å². The molecule has 4 atom stereocenters. The first kappa shape index (κ1) is 16.7. The maximum atomic E-state index is 10.6. The highest BCUT2D eigenvalue weighted by Gasteiger charge is 2.62. The van der Waals surface area contributed by atoms with E-state index < -0.39 is 0 Å². The average molecular weight is 343 g/mol. The minimum atomic E-state index is -0.109. The summed E-state index contributed by atoms with van der Waals surface area (Å²) in [5, 5.41) is 33.6. The Kier molecular flexibility index (Phi) is 3.30. The van der Waals surface area contributed by atoms with Gasteiger partial charge in [-0.2, -0.15) is 0 Å². The number of nitrogens with zero attached hydrogens (tertiary/aromatic N) is 1. The maximum Gasteiger partial charge on any atom is 0.123 e. The number of hydrogen-bond acceptors (Lipinski definition) is 4. The molecule has 3 aliphatic rings. The van der Waals surface area contributed by atoms with Crippen molar-refractivity contribution in [3.8, 4) is 11.5 Å². The Hall–Kier alpha value is -1.71. The van der Waals surface area contributed by atoms with Crippen molar-refractivity contribution in [1.82, 2.24) is 0 Å². The molecule has 2 fully saturated rings. The molecule has 1 aromatic carbocycles. The molecule has 4 unspecified atom stereocenters. The number of aromatic hydroxyl groups is 2. The van der Waals surface area contributed by atoms with Gasteiger partial charge in [-0.15, -0.1) is 0 Å². The zero-order chi connectivity index (χ0) is 18.2. The normalized spacial score (nSPS) is 40.4. The monoisotopic (exact) mass is 343 g/mol. The van der Waals surface area contributed by atoms with E-state index in [9.17, 15) is 15.4 Å². The molecule has 0 saturated heterocycles. The number of phenols is 2. The van der Waals surface area contributed by atoms with E-state index in [1.165, 1.54) is 6.07 Å². The van der Waals surface area contributed by atoms with Crippen LogP contribution in [0.1, 0.15) is 64.5 Å². The van der Waals surface area contributed by atoms with Crippen molar-refractivity contribution < 1.29 is 15.4 Å². The van der Waals surface area contributed by atoms with E-state index in [-0.39, 0.29) is 27.7 Å². The molecule has 4 nitrogen and oxygen atoms in total. The molecule has 1 aromatic rings. The van der Waals surface area contributed by atoms with E-state index in [0.29, 0.717) is 11.8 Å². The highest BCUT2D eigenvalue weighted by atomic mass is 16.4. The second-order valence-electron chi connectivity index (χ2n) is 9.54. The highest BCUT2D eigenvalue weighted by molar-refractivity contribution is 5.90. The topological polar surface area (TPSA) is 73.1 Å². The number of phenolic OH excluding ortho intramolecular Hbond substituents is 2. The van der Waals surface area contributed by atoms with E-state index in [4.69, 9.17) is 0 Å². The van der Waals surface area contributed by atoms with Gasteiger partial charge in [0.25, 0.3) is 0 Å². The summed E-state index contributed by atoms with van der Waals surface area (Å²) in [6.45, 7) is 9.14. The van der Waals surface area contributed by atoms with Crippen molar-refractivity contribution in [2.24, 2.45) is 27.8 Å². The lowest BCUT2D eigenvalue weighted by atomic mass is 9.43. The molecule has 2 saturated carbocycles. The molecule has 0 heterocycles. The molecule has 136 valence electrons. The van der Waals surface area contributed by atoms with Crippen molar-refractivity contribution in [2.45, 2.75) is 65.2 Å². The van der Waals surface area contributed by atoms with Crippen molar-refractivity contribution >= 4 is 5.71 Å². The van der Waals surface area contributed by atoms with Gasteiger partial charge in [-0.05, 0) is 61.0 Å². The molecule has 3 aliphatic carbocycles. The first-order chi connectivity index (χ1) is 11.6. The molecule has 25 heavy (non-hydrogen) atoms. The van der Waals surface area contributed by atoms with Gasteiger partial charge in [0.1, 0.15) is 11.5 Å². The minimum absolute atomic E-state index is 0.0533. The van der Waals surface area contributed by atoms with Gasteiger partial charge in [-0.1, -0.05) is 32.9 Å². The zero-order valence-corrected chi connectivity index (χ0v) is 15.6. The van der Waals surface area contributed by atoms with E-state index >= 15 is 0 Å². The summed E-state index contributed by atoms with van der Waals surface area (Å²) in [4.78, 5) is 0. The van der Waals surface area contributed by atoms with Crippen molar-refractivity contribution in [1.29, 1.82) is 0 Å². The Morgan fingerprint density at radius 2 is 1.76 bits per heavy atom. The number of fused-ring (bicyclic) bond motifs is 5. The second kappa shape index (κ2) is 4.93. The molecular formula is C21H29NO3.